The van der Waals surface area contributed by atoms with E-state index < -0.39 is 24.2 Å². The number of amides is 1. The Hall–Kier alpha value is -2.54. The zero-order chi connectivity index (χ0) is 16.1. The van der Waals surface area contributed by atoms with Gasteiger partial charge in [0.2, 0.25) is 0 Å². The fraction of sp³-hybridized carbons (Fsp3) is 0.267. The van der Waals surface area contributed by atoms with Gasteiger partial charge in [0, 0.05) is 25.2 Å². The Labute approximate surface area is 126 Å². The van der Waals surface area contributed by atoms with Crippen molar-refractivity contribution in [2.24, 2.45) is 0 Å². The number of nitrogens with zero attached hydrogens (tertiary/aromatic N) is 2. The molecular weight excluding hydrogens is 291 g/mol. The van der Waals surface area contributed by atoms with E-state index in [0.717, 1.165) is 11.0 Å². The summed E-state index contributed by atoms with van der Waals surface area (Å²) in [5, 5.41) is 9.40. The third kappa shape index (κ3) is 3.56. The number of rotatable bonds is 6. The molecule has 0 aliphatic rings. The van der Waals surface area contributed by atoms with Crippen molar-refractivity contribution < 1.29 is 23.8 Å². The average molecular weight is 306 g/mol. The molecule has 0 atom stereocenters. The molecule has 0 unspecified atom stereocenters. The summed E-state index contributed by atoms with van der Waals surface area (Å²) in [5.41, 5.74) is 0.370. The fourth-order valence-electron chi connectivity index (χ4n) is 2.11. The number of carboxylic acids is 1. The largest absolute Gasteiger partial charge is 0.480 e. The van der Waals surface area contributed by atoms with E-state index in [9.17, 15) is 14.0 Å². The molecule has 1 aromatic heterocycles. The zero-order valence-electron chi connectivity index (χ0n) is 12.0. The van der Waals surface area contributed by atoms with Crippen molar-refractivity contribution >= 4 is 22.8 Å². The van der Waals surface area contributed by atoms with E-state index in [-0.39, 0.29) is 18.7 Å². The predicted molar refractivity (Wildman–Crippen MR) is 77.1 cm³/mol. The standard InChI is InChI=1S/C15H15FN2O4/c1-22-6-5-18(9-13(19)20)15(21)12-8-11(16)7-10-3-2-4-17-14(10)12/h2-4,7-8H,5-6,9H2,1H3,(H,19,20). The Morgan fingerprint density at radius 3 is 2.86 bits per heavy atom. The number of hydrogen-bond donors (Lipinski definition) is 1. The molecule has 1 amide bonds. The summed E-state index contributed by atoms with van der Waals surface area (Å²) < 4.78 is 18.6. The number of pyridine rings is 1. The first-order valence-corrected chi connectivity index (χ1v) is 6.57. The number of carboxylic acid groups (broad SMARTS) is 1. The van der Waals surface area contributed by atoms with Crippen LogP contribution in [0.5, 0.6) is 0 Å². The minimum absolute atomic E-state index is 0.0351. The average Bonchev–Trinajstić information content (AvgIpc) is 2.49. The lowest BCUT2D eigenvalue weighted by atomic mass is 10.1. The molecule has 0 radical (unpaired) electrons. The van der Waals surface area contributed by atoms with Crippen LogP contribution in [0.3, 0.4) is 0 Å². The molecule has 7 heteroatoms. The first kappa shape index (κ1) is 15.8. The van der Waals surface area contributed by atoms with Crippen LogP contribution in [0.2, 0.25) is 0 Å². The first-order valence-electron chi connectivity index (χ1n) is 6.57. The number of aromatic nitrogens is 1. The minimum Gasteiger partial charge on any atom is -0.480 e. The third-order valence-corrected chi connectivity index (χ3v) is 3.08. The highest BCUT2D eigenvalue weighted by molar-refractivity contribution is 6.06. The predicted octanol–water partition coefficient (Wildman–Crippen LogP) is 1.55. The molecule has 2 aromatic rings. The topological polar surface area (TPSA) is 79.7 Å². The quantitative estimate of drug-likeness (QED) is 0.876. The van der Waals surface area contributed by atoms with Crippen molar-refractivity contribution in [2.75, 3.05) is 26.8 Å². The number of fused-ring (bicyclic) bond motifs is 1. The molecule has 6 nitrogen and oxygen atoms in total. The minimum atomic E-state index is -1.15. The summed E-state index contributed by atoms with van der Waals surface area (Å²) in [6.45, 7) is -0.223. The summed E-state index contributed by atoms with van der Waals surface area (Å²) in [4.78, 5) is 28.7. The fourth-order valence-corrected chi connectivity index (χ4v) is 2.11. The highest BCUT2D eigenvalue weighted by Gasteiger charge is 2.21. The number of halogens is 1. The second-order valence-electron chi connectivity index (χ2n) is 4.64. The van der Waals surface area contributed by atoms with Gasteiger partial charge in [0.15, 0.2) is 0 Å². The lowest BCUT2D eigenvalue weighted by Crippen LogP contribution is -2.38. The number of ether oxygens (including phenoxy) is 1. The summed E-state index contributed by atoms with van der Waals surface area (Å²) in [5.74, 6) is -2.33. The van der Waals surface area contributed by atoms with E-state index in [1.54, 1.807) is 12.1 Å². The van der Waals surface area contributed by atoms with Gasteiger partial charge < -0.3 is 14.7 Å². The maximum Gasteiger partial charge on any atom is 0.323 e. The summed E-state index contributed by atoms with van der Waals surface area (Å²) in [6, 6.07) is 5.62. The van der Waals surface area contributed by atoms with Crippen LogP contribution in [-0.2, 0) is 9.53 Å². The van der Waals surface area contributed by atoms with E-state index >= 15 is 0 Å². The van der Waals surface area contributed by atoms with Crippen LogP contribution in [0.15, 0.2) is 30.5 Å². The number of methoxy groups -OCH3 is 1. The third-order valence-electron chi connectivity index (χ3n) is 3.08. The van der Waals surface area contributed by atoms with E-state index in [1.165, 1.54) is 19.4 Å². The van der Waals surface area contributed by atoms with Gasteiger partial charge in [-0.05, 0) is 18.2 Å². The lowest BCUT2D eigenvalue weighted by molar-refractivity contribution is -0.137. The van der Waals surface area contributed by atoms with E-state index in [1.807, 2.05) is 0 Å². The molecule has 1 aromatic carbocycles. The molecule has 1 heterocycles. The van der Waals surface area contributed by atoms with Gasteiger partial charge in [0.05, 0.1) is 17.7 Å². The molecule has 0 spiro atoms. The highest BCUT2D eigenvalue weighted by Crippen LogP contribution is 2.20. The van der Waals surface area contributed by atoms with Crippen LogP contribution in [0, 0.1) is 5.82 Å². The Balaban J connectivity index is 2.43. The van der Waals surface area contributed by atoms with Gasteiger partial charge >= 0.3 is 5.97 Å². The van der Waals surface area contributed by atoms with Crippen LogP contribution in [0.1, 0.15) is 10.4 Å². The van der Waals surface area contributed by atoms with Crippen LogP contribution in [0.4, 0.5) is 4.39 Å². The lowest BCUT2D eigenvalue weighted by Gasteiger charge is -2.21. The Morgan fingerprint density at radius 2 is 2.18 bits per heavy atom. The molecule has 2 rings (SSSR count). The molecule has 22 heavy (non-hydrogen) atoms. The van der Waals surface area contributed by atoms with Crippen molar-refractivity contribution in [3.8, 4) is 0 Å². The van der Waals surface area contributed by atoms with Crippen LogP contribution in [0.25, 0.3) is 10.9 Å². The maximum atomic E-state index is 13.7. The van der Waals surface area contributed by atoms with Crippen LogP contribution in [-0.4, -0.2) is 53.7 Å². The molecule has 0 fully saturated rings. The molecule has 0 aliphatic heterocycles. The summed E-state index contributed by atoms with van der Waals surface area (Å²) in [6.07, 6.45) is 1.49. The smallest absolute Gasteiger partial charge is 0.323 e. The molecule has 116 valence electrons. The van der Waals surface area contributed by atoms with Gasteiger partial charge in [-0.3, -0.25) is 14.6 Å². The van der Waals surface area contributed by atoms with Crippen molar-refractivity contribution in [1.29, 1.82) is 0 Å². The monoisotopic (exact) mass is 306 g/mol. The van der Waals surface area contributed by atoms with Crippen molar-refractivity contribution in [1.82, 2.24) is 9.88 Å². The summed E-state index contributed by atoms with van der Waals surface area (Å²) in [7, 11) is 1.45. The summed E-state index contributed by atoms with van der Waals surface area (Å²) >= 11 is 0. The van der Waals surface area contributed by atoms with Gasteiger partial charge in [-0.2, -0.15) is 0 Å². The second kappa shape index (κ2) is 6.95. The molecule has 0 bridgehead atoms. The molecular formula is C15H15FN2O4. The van der Waals surface area contributed by atoms with Gasteiger partial charge in [-0.25, -0.2) is 4.39 Å². The Morgan fingerprint density at radius 1 is 1.41 bits per heavy atom. The SMILES string of the molecule is COCCN(CC(=O)O)C(=O)c1cc(F)cc2cccnc12. The normalized spacial score (nSPS) is 10.6. The van der Waals surface area contributed by atoms with Crippen molar-refractivity contribution in [3.05, 3.63) is 41.8 Å². The van der Waals surface area contributed by atoms with E-state index in [2.05, 4.69) is 4.98 Å². The molecule has 0 aliphatic carbocycles. The second-order valence-corrected chi connectivity index (χ2v) is 4.64. The number of carbonyl (C=O) groups is 2. The number of benzene rings is 1. The van der Waals surface area contributed by atoms with Crippen LogP contribution < -0.4 is 0 Å². The highest BCUT2D eigenvalue weighted by atomic mass is 19.1. The Kier molecular flexibility index (Phi) is 5.00. The van der Waals surface area contributed by atoms with Gasteiger partial charge in [0.25, 0.3) is 5.91 Å². The Bertz CT molecular complexity index is 705. The molecule has 0 saturated carbocycles. The number of hydrogen-bond acceptors (Lipinski definition) is 4. The van der Waals surface area contributed by atoms with Gasteiger partial charge in [0.1, 0.15) is 12.4 Å². The van der Waals surface area contributed by atoms with Crippen molar-refractivity contribution in [3.63, 3.8) is 0 Å². The maximum absolute atomic E-state index is 13.7. The van der Waals surface area contributed by atoms with Crippen molar-refractivity contribution in [2.45, 2.75) is 0 Å². The number of aliphatic carboxylic acids is 1. The zero-order valence-corrected chi connectivity index (χ0v) is 12.0. The van der Waals surface area contributed by atoms with Gasteiger partial charge in [-0.15, -0.1) is 0 Å². The van der Waals surface area contributed by atoms with E-state index in [4.69, 9.17) is 9.84 Å². The van der Waals surface area contributed by atoms with Crippen LogP contribution >= 0.6 is 0 Å². The first-order chi connectivity index (χ1) is 10.5. The number of carbonyl (C=O) groups excluding carboxylic acids is 1. The van der Waals surface area contributed by atoms with Gasteiger partial charge in [-0.1, -0.05) is 6.07 Å². The molecule has 1 N–H and O–H groups in total. The van der Waals surface area contributed by atoms with E-state index in [0.29, 0.717) is 10.9 Å². The molecule has 0 saturated heterocycles.